The minimum atomic E-state index is -0.432. The van der Waals surface area contributed by atoms with E-state index in [1.165, 1.54) is 0 Å². The van der Waals surface area contributed by atoms with Crippen LogP contribution < -0.4 is 15.8 Å². The fraction of sp³-hybridized carbons (Fsp3) is 0.679. The predicted molar refractivity (Wildman–Crippen MR) is 140 cm³/mol. The van der Waals surface area contributed by atoms with Crippen molar-refractivity contribution in [2.45, 2.75) is 102 Å². The minimum absolute atomic E-state index is 0.00864. The van der Waals surface area contributed by atoms with Crippen LogP contribution in [0.5, 0.6) is 5.75 Å². The molecule has 1 aliphatic carbocycles. The van der Waals surface area contributed by atoms with E-state index in [0.717, 1.165) is 24.2 Å². The van der Waals surface area contributed by atoms with Gasteiger partial charge in [0.2, 0.25) is 11.8 Å². The van der Waals surface area contributed by atoms with Gasteiger partial charge in [-0.05, 0) is 58.4 Å². The summed E-state index contributed by atoms with van der Waals surface area (Å²) >= 11 is 0. The predicted octanol–water partition coefficient (Wildman–Crippen LogP) is 3.94. The number of rotatable bonds is 9. The van der Waals surface area contributed by atoms with Gasteiger partial charge >= 0.3 is 0 Å². The number of nitrogens with one attached hydrogen (secondary N) is 1. The second-order valence-corrected chi connectivity index (χ2v) is 11.4. The Morgan fingerprint density at radius 3 is 2.64 bits per heavy atom. The third-order valence-electron chi connectivity index (χ3n) is 8.33. The number of amides is 2. The number of methoxy groups -OCH3 is 1. The Hall–Kier alpha value is -2.61. The van der Waals surface area contributed by atoms with E-state index in [0.29, 0.717) is 25.7 Å². The van der Waals surface area contributed by atoms with Crippen molar-refractivity contribution in [3.05, 3.63) is 29.8 Å². The molecule has 0 spiro atoms. The van der Waals surface area contributed by atoms with Crippen LogP contribution in [-0.4, -0.2) is 53.1 Å². The number of hydrogen-bond donors (Lipinski definition) is 2. The molecule has 0 aromatic heterocycles. The summed E-state index contributed by atoms with van der Waals surface area (Å²) in [5.41, 5.74) is 6.63. The summed E-state index contributed by atoms with van der Waals surface area (Å²) in [6, 6.07) is 7.54. The van der Waals surface area contributed by atoms with Crippen LogP contribution in [0, 0.1) is 11.8 Å². The zero-order chi connectivity index (χ0) is 26.3. The first-order valence-electron chi connectivity index (χ1n) is 13.3. The third kappa shape index (κ3) is 5.24. The van der Waals surface area contributed by atoms with Gasteiger partial charge in [0.25, 0.3) is 0 Å². The topological polar surface area (TPSA) is 106 Å². The molecule has 198 valence electrons. The summed E-state index contributed by atoms with van der Waals surface area (Å²) < 4.78 is 11.7. The van der Waals surface area contributed by atoms with E-state index in [4.69, 9.17) is 20.2 Å². The van der Waals surface area contributed by atoms with Crippen LogP contribution in [0.15, 0.2) is 29.3 Å². The molecule has 1 saturated carbocycles. The average Bonchev–Trinajstić information content (AvgIpc) is 3.63. The van der Waals surface area contributed by atoms with E-state index in [2.05, 4.69) is 5.32 Å². The van der Waals surface area contributed by atoms with Crippen molar-refractivity contribution < 1.29 is 19.1 Å². The highest BCUT2D eigenvalue weighted by molar-refractivity contribution is 5.99. The molecule has 5 atom stereocenters. The van der Waals surface area contributed by atoms with Gasteiger partial charge in [0.05, 0.1) is 24.1 Å². The van der Waals surface area contributed by atoms with Crippen molar-refractivity contribution >= 4 is 17.8 Å². The molecular weight excluding hydrogens is 456 g/mol. The van der Waals surface area contributed by atoms with Crippen LogP contribution in [0.4, 0.5) is 0 Å². The largest absolute Gasteiger partial charge is 0.487 e. The van der Waals surface area contributed by atoms with Crippen LogP contribution in [0.2, 0.25) is 0 Å². The monoisotopic (exact) mass is 498 g/mol. The fourth-order valence-electron chi connectivity index (χ4n) is 5.90. The normalized spacial score (nSPS) is 27.8. The van der Waals surface area contributed by atoms with Crippen molar-refractivity contribution in [3.63, 3.8) is 0 Å². The standard InChI is InChI=1S/C28H42N4O4/c1-7-28(8-2)16-24(33)32(26(29)31-28)22(13-17(3)35-6)19-14-20(19)25(34)30-21-15-27(4,5)36-23-12-10-9-11-18(21)23/h9-12,17,19-22H,7-8,13-16H2,1-6H3,(H2,29,31)(H,30,34)/t17?,19-,20-,21-,22?/m1/s1. The smallest absolute Gasteiger partial charge is 0.231 e. The number of aliphatic imine (C=N–C) groups is 1. The van der Waals surface area contributed by atoms with Crippen LogP contribution in [0.25, 0.3) is 0 Å². The Morgan fingerprint density at radius 2 is 2.00 bits per heavy atom. The molecule has 1 fully saturated rings. The van der Waals surface area contributed by atoms with E-state index in [1.807, 2.05) is 58.9 Å². The highest BCUT2D eigenvalue weighted by atomic mass is 16.5. The number of nitrogens with two attached hydrogens (primary N) is 1. The van der Waals surface area contributed by atoms with Crippen molar-refractivity contribution in [1.29, 1.82) is 0 Å². The fourth-order valence-corrected chi connectivity index (χ4v) is 5.90. The zero-order valence-corrected chi connectivity index (χ0v) is 22.5. The number of carbonyl (C=O) groups is 2. The van der Waals surface area contributed by atoms with Gasteiger partial charge < -0.3 is 20.5 Å². The van der Waals surface area contributed by atoms with Crippen molar-refractivity contribution in [2.24, 2.45) is 22.6 Å². The van der Waals surface area contributed by atoms with Crippen LogP contribution in [-0.2, 0) is 14.3 Å². The number of guanidine groups is 1. The molecule has 0 radical (unpaired) electrons. The van der Waals surface area contributed by atoms with Gasteiger partial charge in [0.15, 0.2) is 5.96 Å². The summed E-state index contributed by atoms with van der Waals surface area (Å²) in [5.74, 6) is 0.932. The van der Waals surface area contributed by atoms with Gasteiger partial charge in [-0.2, -0.15) is 0 Å². The Morgan fingerprint density at radius 1 is 1.31 bits per heavy atom. The molecule has 1 aromatic rings. The van der Waals surface area contributed by atoms with Gasteiger partial charge in [0.1, 0.15) is 11.4 Å². The summed E-state index contributed by atoms with van der Waals surface area (Å²) in [6.07, 6.45) is 3.80. The molecule has 2 amide bonds. The Kier molecular flexibility index (Phi) is 7.37. The lowest BCUT2D eigenvalue weighted by Crippen LogP contribution is -2.56. The molecule has 2 unspecified atom stereocenters. The maximum absolute atomic E-state index is 13.5. The van der Waals surface area contributed by atoms with Crippen molar-refractivity contribution in [3.8, 4) is 5.75 Å². The molecule has 36 heavy (non-hydrogen) atoms. The SMILES string of the molecule is CCC1(CC)CC(=O)N(C(CC(C)OC)[C@@H]2C[C@H]2C(=O)N[C@@H]2CC(C)(C)Oc3ccccc32)C(N)=N1. The lowest BCUT2D eigenvalue weighted by atomic mass is 9.87. The first kappa shape index (κ1) is 26.5. The van der Waals surface area contributed by atoms with E-state index >= 15 is 0 Å². The van der Waals surface area contributed by atoms with Gasteiger partial charge in [-0.3, -0.25) is 14.5 Å². The Balaban J connectivity index is 1.53. The number of fused-ring (bicyclic) bond motifs is 1. The van der Waals surface area contributed by atoms with Crippen LogP contribution in [0.3, 0.4) is 0 Å². The van der Waals surface area contributed by atoms with Gasteiger partial charge in [-0.25, -0.2) is 4.99 Å². The number of carbonyl (C=O) groups excluding carboxylic acids is 2. The molecule has 8 heteroatoms. The summed E-state index contributed by atoms with van der Waals surface area (Å²) in [7, 11) is 1.66. The molecule has 2 heterocycles. The molecular formula is C28H42N4O4. The molecule has 8 nitrogen and oxygen atoms in total. The molecule has 4 rings (SSSR count). The molecule has 3 aliphatic rings. The lowest BCUT2D eigenvalue weighted by molar-refractivity contribution is -0.133. The number of para-hydroxylation sites is 1. The number of hydrogen-bond acceptors (Lipinski definition) is 6. The van der Waals surface area contributed by atoms with Gasteiger partial charge in [-0.15, -0.1) is 0 Å². The highest BCUT2D eigenvalue weighted by Crippen LogP contribution is 2.47. The Labute approximate surface area is 215 Å². The van der Waals surface area contributed by atoms with Crippen LogP contribution in [0.1, 0.15) is 84.7 Å². The quantitative estimate of drug-likeness (QED) is 0.536. The molecule has 0 bridgehead atoms. The Bertz CT molecular complexity index is 1020. The second-order valence-electron chi connectivity index (χ2n) is 11.4. The minimum Gasteiger partial charge on any atom is -0.487 e. The first-order valence-corrected chi connectivity index (χ1v) is 13.3. The number of benzene rings is 1. The summed E-state index contributed by atoms with van der Waals surface area (Å²) in [4.78, 5) is 33.3. The summed E-state index contributed by atoms with van der Waals surface area (Å²) in [5, 5.41) is 3.29. The van der Waals surface area contributed by atoms with E-state index < -0.39 is 5.54 Å². The van der Waals surface area contributed by atoms with Gasteiger partial charge in [0, 0.05) is 31.1 Å². The van der Waals surface area contributed by atoms with E-state index in [9.17, 15) is 9.59 Å². The lowest BCUT2D eigenvalue weighted by Gasteiger charge is -2.41. The summed E-state index contributed by atoms with van der Waals surface area (Å²) in [6.45, 7) is 10.2. The number of nitrogens with zero attached hydrogens (tertiary/aromatic N) is 2. The second kappa shape index (κ2) is 10.0. The average molecular weight is 499 g/mol. The van der Waals surface area contributed by atoms with Gasteiger partial charge in [-0.1, -0.05) is 32.0 Å². The maximum atomic E-state index is 13.5. The first-order chi connectivity index (χ1) is 17.0. The molecule has 0 saturated heterocycles. The van der Waals surface area contributed by atoms with E-state index in [1.54, 1.807) is 12.0 Å². The molecule has 1 aromatic carbocycles. The van der Waals surface area contributed by atoms with Crippen molar-refractivity contribution in [1.82, 2.24) is 10.2 Å². The third-order valence-corrected chi connectivity index (χ3v) is 8.33. The zero-order valence-electron chi connectivity index (χ0n) is 22.5. The highest BCUT2D eigenvalue weighted by Gasteiger charge is 2.53. The van der Waals surface area contributed by atoms with Crippen molar-refractivity contribution in [2.75, 3.05) is 7.11 Å². The molecule has 3 N–H and O–H groups in total. The van der Waals surface area contributed by atoms with Crippen LogP contribution >= 0.6 is 0 Å². The van der Waals surface area contributed by atoms with E-state index in [-0.39, 0.29) is 53.4 Å². The maximum Gasteiger partial charge on any atom is 0.231 e. The number of ether oxygens (including phenoxy) is 2. The molecule has 2 aliphatic heterocycles.